The Balaban J connectivity index is 1.61. The summed E-state index contributed by atoms with van der Waals surface area (Å²) in [6.07, 6.45) is 5.77. The van der Waals surface area contributed by atoms with Crippen LogP contribution >= 0.6 is 0 Å². The average molecular weight is 330 g/mol. The molecule has 0 N–H and O–H groups in total. The van der Waals surface area contributed by atoms with Gasteiger partial charge in [-0.05, 0) is 49.8 Å². The van der Waals surface area contributed by atoms with Crippen molar-refractivity contribution in [2.45, 2.75) is 51.9 Å². The number of likely N-dealkylation sites (tertiary alicyclic amines) is 1. The molecular weight excluding hydrogens is 307 g/mol. The number of nitrogens with zero attached hydrogens (tertiary/aromatic N) is 2. The van der Waals surface area contributed by atoms with Crippen molar-refractivity contribution in [3.05, 3.63) is 29.1 Å². The first-order valence-electron chi connectivity index (χ1n) is 8.89. The number of rotatable bonds is 2. The molecule has 0 aromatic heterocycles. The van der Waals surface area contributed by atoms with Crippen LogP contribution in [0.4, 0.5) is 10.1 Å². The van der Waals surface area contributed by atoms with Gasteiger partial charge in [-0.3, -0.25) is 14.5 Å². The lowest BCUT2D eigenvalue weighted by Crippen LogP contribution is -2.45. The highest BCUT2D eigenvalue weighted by Crippen LogP contribution is 2.47. The minimum absolute atomic E-state index is 0.0374. The first kappa shape index (κ1) is 15.6. The van der Waals surface area contributed by atoms with Gasteiger partial charge in [0.15, 0.2) is 0 Å². The van der Waals surface area contributed by atoms with Gasteiger partial charge in [0.2, 0.25) is 11.8 Å². The number of imide groups is 1. The lowest BCUT2D eigenvalue weighted by Gasteiger charge is -2.34. The van der Waals surface area contributed by atoms with E-state index in [0.717, 1.165) is 49.7 Å². The molecule has 2 heterocycles. The molecule has 4 nitrogen and oxygen atoms in total. The third-order valence-electron chi connectivity index (χ3n) is 5.84. The van der Waals surface area contributed by atoms with Crippen LogP contribution in [0.15, 0.2) is 12.1 Å². The first-order chi connectivity index (χ1) is 11.5. The van der Waals surface area contributed by atoms with Gasteiger partial charge in [-0.2, -0.15) is 0 Å². The second-order valence-electron chi connectivity index (χ2n) is 7.55. The Morgan fingerprint density at radius 2 is 1.92 bits per heavy atom. The zero-order valence-corrected chi connectivity index (χ0v) is 14.1. The van der Waals surface area contributed by atoms with Crippen molar-refractivity contribution in [3.63, 3.8) is 0 Å². The molecule has 1 saturated carbocycles. The van der Waals surface area contributed by atoms with Gasteiger partial charge in [-0.15, -0.1) is 0 Å². The maximum absolute atomic E-state index is 14.5. The molecule has 0 unspecified atom stereocenters. The summed E-state index contributed by atoms with van der Waals surface area (Å²) >= 11 is 0. The highest BCUT2D eigenvalue weighted by Gasteiger charge is 2.52. The van der Waals surface area contributed by atoms with Gasteiger partial charge in [0.1, 0.15) is 12.5 Å². The van der Waals surface area contributed by atoms with E-state index in [1.54, 1.807) is 0 Å². The summed E-state index contributed by atoms with van der Waals surface area (Å²) in [4.78, 5) is 28.6. The fourth-order valence-electron chi connectivity index (χ4n) is 4.68. The number of anilines is 1. The zero-order valence-electron chi connectivity index (χ0n) is 14.1. The molecule has 24 heavy (non-hydrogen) atoms. The van der Waals surface area contributed by atoms with Crippen LogP contribution in [-0.4, -0.2) is 29.9 Å². The summed E-state index contributed by atoms with van der Waals surface area (Å²) in [6.45, 7) is 2.75. The molecule has 2 fully saturated rings. The smallest absolute Gasteiger partial charge is 0.237 e. The molecule has 1 aromatic carbocycles. The van der Waals surface area contributed by atoms with E-state index >= 15 is 0 Å². The largest absolute Gasteiger partial charge is 0.351 e. The standard InChI is InChI=1S/C19H23FN2O2/c1-13-9-14-5-4-8-21(17(14)15(20)10-13)12-22-16(23)11-19(18(22)24)6-2-3-7-19/h9-10H,2-8,11-12H2,1H3. The Labute approximate surface area is 141 Å². The fourth-order valence-corrected chi connectivity index (χ4v) is 4.68. The Hall–Kier alpha value is -1.91. The monoisotopic (exact) mass is 330 g/mol. The molecule has 0 radical (unpaired) electrons. The second-order valence-corrected chi connectivity index (χ2v) is 7.55. The molecule has 0 bridgehead atoms. The molecule has 1 aromatic rings. The summed E-state index contributed by atoms with van der Waals surface area (Å²) in [5.74, 6) is -0.384. The van der Waals surface area contributed by atoms with Gasteiger partial charge < -0.3 is 4.90 Å². The minimum atomic E-state index is -0.457. The normalized spacial score (nSPS) is 22.6. The summed E-state index contributed by atoms with van der Waals surface area (Å²) in [5.41, 5.74) is 2.00. The molecule has 1 spiro atoms. The summed E-state index contributed by atoms with van der Waals surface area (Å²) in [5, 5.41) is 0. The third kappa shape index (κ3) is 2.33. The van der Waals surface area contributed by atoms with Gasteiger partial charge >= 0.3 is 0 Å². The van der Waals surface area contributed by atoms with E-state index in [0.29, 0.717) is 18.7 Å². The summed E-state index contributed by atoms with van der Waals surface area (Å²) < 4.78 is 14.5. The number of hydrogen-bond donors (Lipinski definition) is 0. The average Bonchev–Trinajstić information content (AvgIpc) is 3.08. The van der Waals surface area contributed by atoms with E-state index in [1.807, 2.05) is 17.9 Å². The van der Waals surface area contributed by atoms with Gasteiger partial charge in [0, 0.05) is 13.0 Å². The third-order valence-corrected chi connectivity index (χ3v) is 5.84. The Morgan fingerprint density at radius 1 is 1.17 bits per heavy atom. The number of carbonyl (C=O) groups is 2. The van der Waals surface area contributed by atoms with Crippen LogP contribution in [0.2, 0.25) is 0 Å². The molecule has 128 valence electrons. The second kappa shape index (κ2) is 5.57. The van der Waals surface area contributed by atoms with Crippen LogP contribution in [0.3, 0.4) is 0 Å². The van der Waals surface area contributed by atoms with E-state index in [4.69, 9.17) is 0 Å². The number of fused-ring (bicyclic) bond motifs is 1. The quantitative estimate of drug-likeness (QED) is 0.782. The van der Waals surface area contributed by atoms with Crippen LogP contribution < -0.4 is 4.90 Å². The molecule has 2 amide bonds. The molecule has 1 saturated heterocycles. The van der Waals surface area contributed by atoms with Gasteiger partial charge in [0.25, 0.3) is 0 Å². The van der Waals surface area contributed by atoms with E-state index in [1.165, 1.54) is 11.0 Å². The van der Waals surface area contributed by atoms with Crippen molar-refractivity contribution in [1.82, 2.24) is 4.90 Å². The van der Waals surface area contributed by atoms with Crippen molar-refractivity contribution in [3.8, 4) is 0 Å². The Bertz CT molecular complexity index is 710. The molecule has 0 atom stereocenters. The topological polar surface area (TPSA) is 40.6 Å². The maximum Gasteiger partial charge on any atom is 0.237 e. The fraction of sp³-hybridized carbons (Fsp3) is 0.579. The van der Waals surface area contributed by atoms with Crippen molar-refractivity contribution in [2.75, 3.05) is 18.1 Å². The van der Waals surface area contributed by atoms with Crippen LogP contribution in [0.25, 0.3) is 0 Å². The summed E-state index contributed by atoms with van der Waals surface area (Å²) in [7, 11) is 0. The van der Waals surface area contributed by atoms with Crippen LogP contribution in [0.1, 0.15) is 49.7 Å². The number of halogens is 1. The van der Waals surface area contributed by atoms with Crippen molar-refractivity contribution in [1.29, 1.82) is 0 Å². The van der Waals surface area contributed by atoms with Crippen LogP contribution in [0.5, 0.6) is 0 Å². The van der Waals surface area contributed by atoms with E-state index in [9.17, 15) is 14.0 Å². The van der Waals surface area contributed by atoms with Crippen molar-refractivity contribution in [2.24, 2.45) is 5.41 Å². The molecule has 5 heteroatoms. The van der Waals surface area contributed by atoms with Gasteiger partial charge in [-0.1, -0.05) is 18.9 Å². The lowest BCUT2D eigenvalue weighted by atomic mass is 9.85. The maximum atomic E-state index is 14.5. The highest BCUT2D eigenvalue weighted by atomic mass is 19.1. The molecule has 1 aliphatic carbocycles. The number of benzene rings is 1. The summed E-state index contributed by atoms with van der Waals surface area (Å²) in [6, 6.07) is 3.54. The zero-order chi connectivity index (χ0) is 16.9. The van der Waals surface area contributed by atoms with Crippen molar-refractivity contribution >= 4 is 17.5 Å². The number of carbonyl (C=O) groups excluding carboxylic acids is 2. The van der Waals surface area contributed by atoms with Gasteiger partial charge in [0.05, 0.1) is 11.1 Å². The number of hydrogen-bond acceptors (Lipinski definition) is 3. The Kier molecular flexibility index (Phi) is 3.62. The highest BCUT2D eigenvalue weighted by molar-refractivity contribution is 6.06. The number of amides is 2. The Morgan fingerprint density at radius 3 is 2.67 bits per heavy atom. The predicted molar refractivity (Wildman–Crippen MR) is 89.0 cm³/mol. The molecule has 3 aliphatic rings. The van der Waals surface area contributed by atoms with E-state index < -0.39 is 5.41 Å². The van der Waals surface area contributed by atoms with Gasteiger partial charge in [-0.25, -0.2) is 4.39 Å². The first-order valence-corrected chi connectivity index (χ1v) is 8.89. The van der Waals surface area contributed by atoms with Crippen LogP contribution in [-0.2, 0) is 16.0 Å². The van der Waals surface area contributed by atoms with E-state index in [2.05, 4.69) is 0 Å². The minimum Gasteiger partial charge on any atom is -0.351 e. The molecular formula is C19H23FN2O2. The SMILES string of the molecule is Cc1cc(F)c2c(c1)CCCN2CN1C(=O)CC2(CCCC2)C1=O. The molecule has 4 rings (SSSR count). The molecule has 2 aliphatic heterocycles. The lowest BCUT2D eigenvalue weighted by molar-refractivity contribution is -0.141. The van der Waals surface area contributed by atoms with E-state index in [-0.39, 0.29) is 24.3 Å². The van der Waals surface area contributed by atoms with Crippen LogP contribution in [0, 0.1) is 18.2 Å². The van der Waals surface area contributed by atoms with Crippen molar-refractivity contribution < 1.29 is 14.0 Å². The number of aryl methyl sites for hydroxylation is 2. The predicted octanol–water partition coefficient (Wildman–Crippen LogP) is 3.16.